The fraction of sp³-hybridized carbons (Fsp3) is 0.545. The lowest BCUT2D eigenvalue weighted by Crippen LogP contribution is -2.46. The predicted octanol–water partition coefficient (Wildman–Crippen LogP) is 2.13. The van der Waals surface area contributed by atoms with Crippen LogP contribution >= 0.6 is 15.9 Å². The molecule has 0 aliphatic carbocycles. The molecule has 1 aliphatic rings. The van der Waals surface area contributed by atoms with Crippen molar-refractivity contribution in [3.05, 3.63) is 22.6 Å². The van der Waals surface area contributed by atoms with E-state index in [-0.39, 0.29) is 0 Å². The Bertz CT molecular complexity index is 364. The monoisotopic (exact) mass is 287 g/mol. The van der Waals surface area contributed by atoms with Crippen LogP contribution in [0.1, 0.15) is 6.92 Å². The number of anilines is 1. The van der Waals surface area contributed by atoms with E-state index in [1.807, 2.05) is 6.07 Å². The van der Waals surface area contributed by atoms with Crippen LogP contribution in [0.4, 0.5) is 10.2 Å². The lowest BCUT2D eigenvalue weighted by Gasteiger charge is -2.34. The van der Waals surface area contributed by atoms with Gasteiger partial charge in [0, 0.05) is 26.2 Å². The summed E-state index contributed by atoms with van der Waals surface area (Å²) in [7, 11) is 0. The highest BCUT2D eigenvalue weighted by molar-refractivity contribution is 9.10. The first-order valence-corrected chi connectivity index (χ1v) is 6.29. The molecule has 16 heavy (non-hydrogen) atoms. The van der Waals surface area contributed by atoms with Crippen molar-refractivity contribution in [3.8, 4) is 0 Å². The highest BCUT2D eigenvalue weighted by atomic mass is 79.9. The number of rotatable bonds is 2. The predicted molar refractivity (Wildman–Crippen MR) is 66.2 cm³/mol. The van der Waals surface area contributed by atoms with Gasteiger partial charge in [0.15, 0.2) is 0 Å². The van der Waals surface area contributed by atoms with Gasteiger partial charge in [-0.25, -0.2) is 4.98 Å². The first kappa shape index (κ1) is 11.8. The van der Waals surface area contributed by atoms with Crippen molar-refractivity contribution in [1.82, 2.24) is 9.88 Å². The second-order valence-corrected chi connectivity index (χ2v) is 4.72. The Hall–Kier alpha value is -0.680. The van der Waals surface area contributed by atoms with E-state index in [0.717, 1.165) is 38.5 Å². The average molecular weight is 288 g/mol. The van der Waals surface area contributed by atoms with Crippen LogP contribution in [-0.4, -0.2) is 42.6 Å². The van der Waals surface area contributed by atoms with Gasteiger partial charge in [-0.15, -0.1) is 0 Å². The zero-order chi connectivity index (χ0) is 11.5. The van der Waals surface area contributed by atoms with E-state index >= 15 is 0 Å². The van der Waals surface area contributed by atoms with Crippen LogP contribution in [0.25, 0.3) is 0 Å². The first-order chi connectivity index (χ1) is 7.70. The zero-order valence-corrected chi connectivity index (χ0v) is 10.9. The zero-order valence-electron chi connectivity index (χ0n) is 9.29. The van der Waals surface area contributed by atoms with Crippen molar-refractivity contribution in [3.63, 3.8) is 0 Å². The van der Waals surface area contributed by atoms with E-state index < -0.39 is 5.95 Å². The number of hydrogen-bond donors (Lipinski definition) is 0. The van der Waals surface area contributed by atoms with Crippen LogP contribution < -0.4 is 4.90 Å². The molecule has 1 saturated heterocycles. The normalized spacial score (nSPS) is 17.8. The molecule has 0 bridgehead atoms. The Balaban J connectivity index is 2.05. The molecular formula is C11H15BrFN3. The maximum absolute atomic E-state index is 13.3. The highest BCUT2D eigenvalue weighted by Gasteiger charge is 2.17. The summed E-state index contributed by atoms with van der Waals surface area (Å²) in [4.78, 5) is 8.45. The van der Waals surface area contributed by atoms with Gasteiger partial charge in [-0.2, -0.15) is 4.39 Å². The Morgan fingerprint density at radius 3 is 2.56 bits per heavy atom. The van der Waals surface area contributed by atoms with Gasteiger partial charge in [-0.1, -0.05) is 6.92 Å². The lowest BCUT2D eigenvalue weighted by atomic mass is 10.3. The highest BCUT2D eigenvalue weighted by Crippen LogP contribution is 2.19. The van der Waals surface area contributed by atoms with E-state index in [9.17, 15) is 4.39 Å². The van der Waals surface area contributed by atoms with E-state index in [0.29, 0.717) is 4.47 Å². The van der Waals surface area contributed by atoms with Gasteiger partial charge < -0.3 is 9.80 Å². The molecule has 0 saturated carbocycles. The van der Waals surface area contributed by atoms with Crippen molar-refractivity contribution in [1.29, 1.82) is 0 Å². The molecule has 0 amide bonds. The van der Waals surface area contributed by atoms with Crippen LogP contribution in [0.3, 0.4) is 0 Å². The van der Waals surface area contributed by atoms with Crippen LogP contribution in [0.2, 0.25) is 0 Å². The van der Waals surface area contributed by atoms with Gasteiger partial charge in [0.2, 0.25) is 5.95 Å². The van der Waals surface area contributed by atoms with Gasteiger partial charge in [-0.05, 0) is 34.6 Å². The maximum atomic E-state index is 13.3. The summed E-state index contributed by atoms with van der Waals surface area (Å²) in [5, 5.41) is 0. The fourth-order valence-electron chi connectivity index (χ4n) is 1.88. The molecule has 5 heteroatoms. The molecule has 1 aliphatic heterocycles. The molecule has 0 radical (unpaired) electrons. The minimum absolute atomic E-state index is 0.420. The average Bonchev–Trinajstić information content (AvgIpc) is 2.33. The molecule has 88 valence electrons. The summed E-state index contributed by atoms with van der Waals surface area (Å²) >= 11 is 3.11. The number of halogens is 2. The van der Waals surface area contributed by atoms with E-state index in [2.05, 4.69) is 37.6 Å². The number of hydrogen-bond acceptors (Lipinski definition) is 3. The largest absolute Gasteiger partial charge is 0.354 e. The number of pyridine rings is 1. The molecule has 1 aromatic rings. The summed E-state index contributed by atoms with van der Waals surface area (Å²) in [5.74, 6) is 0.298. The summed E-state index contributed by atoms with van der Waals surface area (Å²) in [6.07, 6.45) is 0. The van der Waals surface area contributed by atoms with Crippen molar-refractivity contribution >= 4 is 21.7 Å². The summed E-state index contributed by atoms with van der Waals surface area (Å²) in [5.41, 5.74) is 0. The number of piperazine rings is 1. The van der Waals surface area contributed by atoms with Crippen molar-refractivity contribution in [2.75, 3.05) is 37.6 Å². The summed E-state index contributed by atoms with van der Waals surface area (Å²) < 4.78 is 13.7. The van der Waals surface area contributed by atoms with Gasteiger partial charge in [0.1, 0.15) is 5.82 Å². The van der Waals surface area contributed by atoms with Crippen molar-refractivity contribution in [2.24, 2.45) is 0 Å². The third-order valence-electron chi connectivity index (χ3n) is 2.93. The number of nitrogens with zero attached hydrogens (tertiary/aromatic N) is 3. The second kappa shape index (κ2) is 5.10. The number of aromatic nitrogens is 1. The van der Waals surface area contributed by atoms with Gasteiger partial charge >= 0.3 is 0 Å². The molecule has 2 heterocycles. The molecule has 0 aromatic carbocycles. The maximum Gasteiger partial charge on any atom is 0.229 e. The van der Waals surface area contributed by atoms with E-state index in [4.69, 9.17) is 0 Å². The molecule has 3 nitrogen and oxygen atoms in total. The molecule has 1 fully saturated rings. The second-order valence-electron chi connectivity index (χ2n) is 3.86. The molecule has 0 spiro atoms. The van der Waals surface area contributed by atoms with E-state index in [1.165, 1.54) is 0 Å². The SMILES string of the molecule is CCN1CCN(c2ccc(Br)c(F)n2)CC1. The van der Waals surface area contributed by atoms with Crippen molar-refractivity contribution in [2.45, 2.75) is 6.92 Å². The molecule has 1 aromatic heterocycles. The topological polar surface area (TPSA) is 19.4 Å². The molecule has 2 rings (SSSR count). The third-order valence-corrected chi connectivity index (χ3v) is 3.52. The lowest BCUT2D eigenvalue weighted by molar-refractivity contribution is 0.270. The van der Waals surface area contributed by atoms with E-state index in [1.54, 1.807) is 6.07 Å². The number of likely N-dealkylation sites (N-methyl/N-ethyl adjacent to an activating group) is 1. The Morgan fingerprint density at radius 2 is 2.00 bits per heavy atom. The minimum atomic E-state index is -0.435. The van der Waals surface area contributed by atoms with Crippen LogP contribution in [-0.2, 0) is 0 Å². The molecule has 0 unspecified atom stereocenters. The Labute approximate surface area is 103 Å². The summed E-state index contributed by atoms with van der Waals surface area (Å²) in [6, 6.07) is 3.57. The van der Waals surface area contributed by atoms with Gasteiger partial charge in [0.05, 0.1) is 4.47 Å². The van der Waals surface area contributed by atoms with Gasteiger partial charge in [0.25, 0.3) is 0 Å². The van der Waals surface area contributed by atoms with Crippen LogP contribution in [0, 0.1) is 5.95 Å². The van der Waals surface area contributed by atoms with Crippen molar-refractivity contribution < 1.29 is 4.39 Å². The standard InChI is InChI=1S/C11H15BrFN3/c1-2-15-5-7-16(8-6-15)10-4-3-9(12)11(13)14-10/h3-4H,2,5-8H2,1H3. The summed E-state index contributed by atoms with van der Waals surface area (Å²) in [6.45, 7) is 7.12. The smallest absolute Gasteiger partial charge is 0.229 e. The minimum Gasteiger partial charge on any atom is -0.354 e. The van der Waals surface area contributed by atoms with Crippen LogP contribution in [0.15, 0.2) is 16.6 Å². The Kier molecular flexibility index (Phi) is 3.76. The van der Waals surface area contributed by atoms with Crippen LogP contribution in [0.5, 0.6) is 0 Å². The fourth-order valence-corrected chi connectivity index (χ4v) is 2.10. The first-order valence-electron chi connectivity index (χ1n) is 5.50. The quantitative estimate of drug-likeness (QED) is 0.777. The third kappa shape index (κ3) is 2.52. The molecule has 0 atom stereocenters. The van der Waals surface area contributed by atoms with Gasteiger partial charge in [-0.3, -0.25) is 0 Å². The Morgan fingerprint density at radius 1 is 1.31 bits per heavy atom. The molecular weight excluding hydrogens is 273 g/mol. The molecule has 0 N–H and O–H groups in total.